The van der Waals surface area contributed by atoms with Gasteiger partial charge in [0.05, 0.1) is 18.1 Å². The lowest BCUT2D eigenvalue weighted by Crippen LogP contribution is -2.32. The summed E-state index contributed by atoms with van der Waals surface area (Å²) < 4.78 is 0. The molecule has 0 saturated heterocycles. The van der Waals surface area contributed by atoms with Crippen molar-refractivity contribution in [1.82, 2.24) is 20.2 Å². The first-order chi connectivity index (χ1) is 16.1. The smallest absolute Gasteiger partial charge is 0.277 e. The molecule has 164 valence electrons. The molecule has 0 radical (unpaired) electrons. The first kappa shape index (κ1) is 22.4. The summed E-state index contributed by atoms with van der Waals surface area (Å²) in [5.41, 5.74) is 3.52. The van der Waals surface area contributed by atoms with Crippen molar-refractivity contribution in [2.45, 2.75) is 5.88 Å². The number of carbonyl (C=O) groups is 2. The van der Waals surface area contributed by atoms with Gasteiger partial charge in [-0.15, -0.1) is 11.6 Å². The number of hydrazone groups is 1. The van der Waals surface area contributed by atoms with Gasteiger partial charge in [0.15, 0.2) is 0 Å². The summed E-state index contributed by atoms with van der Waals surface area (Å²) in [5.74, 6) is -0.845. The molecule has 0 aliphatic rings. The number of pyridine rings is 1. The van der Waals surface area contributed by atoms with Gasteiger partial charge in [-0.3, -0.25) is 19.7 Å². The van der Waals surface area contributed by atoms with Gasteiger partial charge in [-0.05, 0) is 42.0 Å². The number of imide groups is 1. The van der Waals surface area contributed by atoms with Crippen LogP contribution in [0.5, 0.6) is 0 Å². The van der Waals surface area contributed by atoms with E-state index in [0.29, 0.717) is 27.7 Å². The molecule has 0 saturated carbocycles. The fourth-order valence-electron chi connectivity index (χ4n) is 3.03. The fourth-order valence-corrected chi connectivity index (χ4v) is 3.34. The summed E-state index contributed by atoms with van der Waals surface area (Å²) in [6.07, 6.45) is 5.92. The lowest BCUT2D eigenvalue weighted by atomic mass is 10.1. The second kappa shape index (κ2) is 10.2. The van der Waals surface area contributed by atoms with E-state index in [0.717, 1.165) is 16.1 Å². The number of nitrogens with one attached hydrogen (secondary N) is 1. The molecular formula is C24H17Cl2N5O2. The first-order valence-corrected chi connectivity index (χ1v) is 10.7. The highest BCUT2D eigenvalue weighted by molar-refractivity contribution is 6.30. The normalized spacial score (nSPS) is 11.0. The van der Waals surface area contributed by atoms with E-state index in [1.807, 2.05) is 12.1 Å². The Labute approximate surface area is 199 Å². The molecule has 4 rings (SSSR count). The van der Waals surface area contributed by atoms with Crippen molar-refractivity contribution in [3.05, 3.63) is 107 Å². The molecule has 2 aromatic heterocycles. The Morgan fingerprint density at radius 2 is 1.58 bits per heavy atom. The van der Waals surface area contributed by atoms with Crippen LogP contribution in [0.3, 0.4) is 0 Å². The molecule has 4 aromatic rings. The van der Waals surface area contributed by atoms with Crippen LogP contribution in [0.1, 0.15) is 31.8 Å². The summed E-state index contributed by atoms with van der Waals surface area (Å²) in [6, 6.07) is 16.9. The Hall–Kier alpha value is -3.81. The lowest BCUT2D eigenvalue weighted by Gasteiger charge is -2.15. The predicted molar refractivity (Wildman–Crippen MR) is 127 cm³/mol. The molecule has 2 aromatic carbocycles. The number of alkyl halides is 1. The zero-order valence-corrected chi connectivity index (χ0v) is 18.7. The van der Waals surface area contributed by atoms with Crippen molar-refractivity contribution in [2.75, 3.05) is 0 Å². The number of aromatic amines is 1. The summed E-state index contributed by atoms with van der Waals surface area (Å²) in [4.78, 5) is 30.3. The van der Waals surface area contributed by atoms with Crippen LogP contribution in [0, 0.1) is 0 Å². The van der Waals surface area contributed by atoms with Gasteiger partial charge < -0.3 is 0 Å². The van der Waals surface area contributed by atoms with Gasteiger partial charge in [-0.1, -0.05) is 35.9 Å². The van der Waals surface area contributed by atoms with E-state index in [2.05, 4.69) is 20.3 Å². The Bertz CT molecular complexity index is 1290. The number of aromatic nitrogens is 3. The van der Waals surface area contributed by atoms with Gasteiger partial charge in [-0.25, -0.2) is 0 Å². The summed E-state index contributed by atoms with van der Waals surface area (Å²) >= 11 is 11.8. The van der Waals surface area contributed by atoms with Gasteiger partial charge in [0.2, 0.25) is 0 Å². The molecule has 0 aliphatic heterocycles. The molecule has 0 fully saturated rings. The lowest BCUT2D eigenvalue weighted by molar-refractivity contribution is 0.0622. The number of H-pyrrole nitrogens is 1. The van der Waals surface area contributed by atoms with Crippen LogP contribution in [0.15, 0.2) is 84.4 Å². The van der Waals surface area contributed by atoms with Crippen molar-refractivity contribution in [3.8, 4) is 11.3 Å². The maximum absolute atomic E-state index is 13.2. The first-order valence-electron chi connectivity index (χ1n) is 9.84. The second-order valence-electron chi connectivity index (χ2n) is 6.94. The molecule has 2 heterocycles. The van der Waals surface area contributed by atoms with Crippen LogP contribution in [0.4, 0.5) is 0 Å². The molecule has 33 heavy (non-hydrogen) atoms. The predicted octanol–water partition coefficient (Wildman–Crippen LogP) is 5.18. The van der Waals surface area contributed by atoms with Crippen LogP contribution in [0.2, 0.25) is 5.02 Å². The number of rotatable bonds is 6. The minimum absolute atomic E-state index is 0.276. The topological polar surface area (TPSA) is 91.3 Å². The van der Waals surface area contributed by atoms with Crippen molar-refractivity contribution in [2.24, 2.45) is 5.10 Å². The van der Waals surface area contributed by atoms with Crippen molar-refractivity contribution >= 4 is 41.2 Å². The van der Waals surface area contributed by atoms with E-state index >= 15 is 0 Å². The SMILES string of the molecule is O=C(c1ccncc1)N(N=Cc1cn[nH]c1-c1ccc(Cl)cc1)C(=O)c1ccc(CCl)cc1. The highest BCUT2D eigenvalue weighted by Gasteiger charge is 2.24. The minimum atomic E-state index is -0.586. The Morgan fingerprint density at radius 3 is 2.21 bits per heavy atom. The van der Waals surface area contributed by atoms with Gasteiger partial charge >= 0.3 is 0 Å². The molecule has 0 bridgehead atoms. The average molecular weight is 478 g/mol. The largest absolute Gasteiger partial charge is 0.281 e. The van der Waals surface area contributed by atoms with Gasteiger partial charge in [0.25, 0.3) is 11.8 Å². The molecule has 0 aliphatic carbocycles. The van der Waals surface area contributed by atoms with E-state index in [4.69, 9.17) is 23.2 Å². The Balaban J connectivity index is 1.69. The molecule has 0 unspecified atom stereocenters. The highest BCUT2D eigenvalue weighted by Crippen LogP contribution is 2.22. The standard InChI is InChI=1S/C24H17Cl2N5O2/c25-13-16-1-3-18(4-2-16)23(32)31(24(33)19-9-11-27-12-10-19)29-15-20-14-28-30-22(20)17-5-7-21(26)8-6-17/h1-12,14-15H,13H2,(H,28,30). The van der Waals surface area contributed by atoms with Crippen LogP contribution in [-0.4, -0.2) is 38.2 Å². The summed E-state index contributed by atoms with van der Waals surface area (Å²) in [7, 11) is 0. The van der Waals surface area contributed by atoms with E-state index in [-0.39, 0.29) is 5.56 Å². The Morgan fingerprint density at radius 1 is 0.939 bits per heavy atom. The van der Waals surface area contributed by atoms with Crippen molar-refractivity contribution < 1.29 is 9.59 Å². The van der Waals surface area contributed by atoms with Crippen LogP contribution >= 0.6 is 23.2 Å². The quantitative estimate of drug-likeness (QED) is 0.179. The van der Waals surface area contributed by atoms with Crippen LogP contribution in [-0.2, 0) is 5.88 Å². The number of hydrogen-bond acceptors (Lipinski definition) is 5. The summed E-state index contributed by atoms with van der Waals surface area (Å²) in [6.45, 7) is 0. The highest BCUT2D eigenvalue weighted by atomic mass is 35.5. The van der Waals surface area contributed by atoms with E-state index in [9.17, 15) is 9.59 Å². The summed E-state index contributed by atoms with van der Waals surface area (Å²) in [5, 5.41) is 12.6. The van der Waals surface area contributed by atoms with Crippen LogP contribution in [0.25, 0.3) is 11.3 Å². The number of amides is 2. The molecule has 7 nitrogen and oxygen atoms in total. The maximum atomic E-state index is 13.2. The van der Waals surface area contributed by atoms with Gasteiger partial charge in [0.1, 0.15) is 0 Å². The number of nitrogens with zero attached hydrogens (tertiary/aromatic N) is 4. The molecule has 0 atom stereocenters. The molecule has 0 spiro atoms. The maximum Gasteiger partial charge on any atom is 0.281 e. The number of halogens is 2. The van der Waals surface area contributed by atoms with E-state index < -0.39 is 11.8 Å². The molecule has 9 heteroatoms. The zero-order chi connectivity index (χ0) is 23.2. The Kier molecular flexibility index (Phi) is 6.92. The van der Waals surface area contributed by atoms with E-state index in [1.54, 1.807) is 42.6 Å². The van der Waals surface area contributed by atoms with Gasteiger partial charge in [0, 0.05) is 45.6 Å². The van der Waals surface area contributed by atoms with Crippen LogP contribution < -0.4 is 0 Å². The van der Waals surface area contributed by atoms with E-state index in [1.165, 1.54) is 30.7 Å². The van der Waals surface area contributed by atoms with Gasteiger partial charge in [-0.2, -0.15) is 15.2 Å². The molecular weight excluding hydrogens is 461 g/mol. The minimum Gasteiger partial charge on any atom is -0.277 e. The molecule has 1 N–H and O–H groups in total. The fraction of sp³-hybridized carbons (Fsp3) is 0.0417. The monoisotopic (exact) mass is 477 g/mol. The average Bonchev–Trinajstić information content (AvgIpc) is 3.33. The van der Waals surface area contributed by atoms with Crippen molar-refractivity contribution in [1.29, 1.82) is 0 Å². The third-order valence-corrected chi connectivity index (χ3v) is 5.34. The third kappa shape index (κ3) is 5.16. The number of carbonyl (C=O) groups excluding carboxylic acids is 2. The number of benzene rings is 2. The third-order valence-electron chi connectivity index (χ3n) is 4.78. The number of hydrogen-bond donors (Lipinski definition) is 1. The second-order valence-corrected chi connectivity index (χ2v) is 7.64. The zero-order valence-electron chi connectivity index (χ0n) is 17.2. The molecule has 2 amide bonds. The van der Waals surface area contributed by atoms with Crippen molar-refractivity contribution in [3.63, 3.8) is 0 Å².